The lowest BCUT2D eigenvalue weighted by atomic mass is 10.1. The van der Waals surface area contributed by atoms with E-state index in [2.05, 4.69) is 4.72 Å². The Hall–Kier alpha value is -2.78. The normalized spacial score (nSPS) is 15.0. The predicted octanol–water partition coefficient (Wildman–Crippen LogP) is 2.03. The van der Waals surface area contributed by atoms with Crippen LogP contribution >= 0.6 is 0 Å². The molecule has 0 atom stereocenters. The Morgan fingerprint density at radius 3 is 2.37 bits per heavy atom. The monoisotopic (exact) mass is 434 g/mol. The van der Waals surface area contributed by atoms with Crippen molar-refractivity contribution < 1.29 is 27.8 Å². The molecule has 1 amide bonds. The minimum absolute atomic E-state index is 0.00338. The number of nitrogens with one attached hydrogen (secondary N) is 1. The van der Waals surface area contributed by atoms with E-state index in [1.807, 2.05) is 0 Å². The summed E-state index contributed by atoms with van der Waals surface area (Å²) in [4.78, 5) is 14.1. The van der Waals surface area contributed by atoms with Crippen molar-refractivity contribution >= 4 is 21.6 Å². The maximum atomic E-state index is 12.8. The predicted molar refractivity (Wildman–Crippen MR) is 112 cm³/mol. The summed E-state index contributed by atoms with van der Waals surface area (Å²) < 4.78 is 38.4. The number of methoxy groups -OCH3 is 2. The first-order chi connectivity index (χ1) is 14.3. The smallest absolute Gasteiger partial charge is 0.265 e. The van der Waals surface area contributed by atoms with Crippen LogP contribution in [0.4, 0.5) is 5.69 Å². The largest absolute Gasteiger partial charge is 0.497 e. The highest BCUT2D eigenvalue weighted by Gasteiger charge is 2.22. The van der Waals surface area contributed by atoms with Gasteiger partial charge in [-0.15, -0.1) is 0 Å². The number of hydrogen-bond acceptors (Lipinski definition) is 6. The Kier molecular flexibility index (Phi) is 6.84. The van der Waals surface area contributed by atoms with Crippen LogP contribution in [-0.4, -0.2) is 57.7 Å². The van der Waals surface area contributed by atoms with E-state index in [1.165, 1.54) is 26.4 Å². The molecule has 2 aromatic rings. The van der Waals surface area contributed by atoms with E-state index in [9.17, 15) is 18.3 Å². The molecule has 0 spiro atoms. The number of rotatable bonds is 7. The lowest BCUT2D eigenvalue weighted by Gasteiger charge is -2.29. The molecule has 0 radical (unpaired) electrons. The minimum Gasteiger partial charge on any atom is -0.497 e. The van der Waals surface area contributed by atoms with Gasteiger partial charge in [0.2, 0.25) is 5.91 Å². The number of aliphatic hydroxyl groups is 1. The van der Waals surface area contributed by atoms with E-state index >= 15 is 0 Å². The van der Waals surface area contributed by atoms with Crippen LogP contribution in [0.25, 0.3) is 0 Å². The average molecular weight is 435 g/mol. The quantitative estimate of drug-likeness (QED) is 0.691. The van der Waals surface area contributed by atoms with Crippen LogP contribution in [0, 0.1) is 0 Å². The molecule has 0 aliphatic carbocycles. The first kappa shape index (κ1) is 21.9. The summed E-state index contributed by atoms with van der Waals surface area (Å²) in [6.45, 7) is 1.11. The fourth-order valence-electron chi connectivity index (χ4n) is 3.30. The number of carbonyl (C=O) groups excluding carboxylic acids is 1. The third-order valence-corrected chi connectivity index (χ3v) is 6.44. The van der Waals surface area contributed by atoms with Gasteiger partial charge in [0.05, 0.1) is 26.7 Å². The third-order valence-electron chi connectivity index (χ3n) is 5.04. The van der Waals surface area contributed by atoms with Crippen LogP contribution in [0.15, 0.2) is 47.4 Å². The maximum Gasteiger partial charge on any atom is 0.265 e. The Morgan fingerprint density at radius 1 is 1.10 bits per heavy atom. The molecule has 9 heteroatoms. The third kappa shape index (κ3) is 5.22. The second-order valence-corrected chi connectivity index (χ2v) is 8.76. The fourth-order valence-corrected chi connectivity index (χ4v) is 4.54. The van der Waals surface area contributed by atoms with Gasteiger partial charge in [0.1, 0.15) is 16.4 Å². The lowest BCUT2D eigenvalue weighted by Crippen LogP contribution is -2.40. The minimum atomic E-state index is -3.90. The summed E-state index contributed by atoms with van der Waals surface area (Å²) in [6.07, 6.45) is 1.09. The van der Waals surface area contributed by atoms with Gasteiger partial charge in [-0.05, 0) is 42.7 Å². The molecule has 0 saturated carbocycles. The number of amides is 1. The number of carbonyl (C=O) groups is 1. The number of nitrogens with zero attached hydrogens (tertiary/aromatic N) is 1. The highest BCUT2D eigenvalue weighted by atomic mass is 32.2. The number of hydrogen-bond donors (Lipinski definition) is 2. The Labute approximate surface area is 176 Å². The molecular formula is C21H26N2O6S. The van der Waals surface area contributed by atoms with Crippen LogP contribution in [0.3, 0.4) is 0 Å². The molecule has 1 fully saturated rings. The van der Waals surface area contributed by atoms with Crippen molar-refractivity contribution in [2.45, 2.75) is 30.3 Å². The van der Waals surface area contributed by atoms with Crippen molar-refractivity contribution in [3.8, 4) is 11.5 Å². The number of anilines is 1. The molecule has 2 N–H and O–H groups in total. The molecule has 1 heterocycles. The van der Waals surface area contributed by atoms with Gasteiger partial charge in [-0.25, -0.2) is 8.42 Å². The zero-order chi connectivity index (χ0) is 21.7. The molecule has 1 aliphatic rings. The fraction of sp³-hybridized carbons (Fsp3) is 0.381. The highest BCUT2D eigenvalue weighted by Crippen LogP contribution is 2.29. The van der Waals surface area contributed by atoms with Crippen molar-refractivity contribution in [1.82, 2.24) is 4.90 Å². The van der Waals surface area contributed by atoms with Gasteiger partial charge in [0, 0.05) is 24.8 Å². The second-order valence-electron chi connectivity index (χ2n) is 7.11. The number of piperidine rings is 1. The van der Waals surface area contributed by atoms with Gasteiger partial charge < -0.3 is 19.5 Å². The Balaban J connectivity index is 1.69. The van der Waals surface area contributed by atoms with E-state index in [0.717, 1.165) is 5.56 Å². The van der Waals surface area contributed by atoms with Gasteiger partial charge in [0.15, 0.2) is 0 Å². The van der Waals surface area contributed by atoms with Crippen molar-refractivity contribution in [1.29, 1.82) is 0 Å². The van der Waals surface area contributed by atoms with Gasteiger partial charge in [-0.1, -0.05) is 12.1 Å². The van der Waals surface area contributed by atoms with Gasteiger partial charge in [-0.2, -0.15) is 0 Å². The van der Waals surface area contributed by atoms with Crippen molar-refractivity contribution in [2.75, 3.05) is 32.0 Å². The summed E-state index contributed by atoms with van der Waals surface area (Å²) in [7, 11) is -1.05. The number of sulfonamides is 1. The first-order valence-electron chi connectivity index (χ1n) is 9.62. The van der Waals surface area contributed by atoms with Crippen LogP contribution in [-0.2, 0) is 21.2 Å². The summed E-state index contributed by atoms with van der Waals surface area (Å²) in [6, 6.07) is 11.2. The molecule has 30 heavy (non-hydrogen) atoms. The van der Waals surface area contributed by atoms with Crippen LogP contribution < -0.4 is 14.2 Å². The Morgan fingerprint density at radius 2 is 1.77 bits per heavy atom. The summed E-state index contributed by atoms with van der Waals surface area (Å²) in [5.41, 5.74) is 1.16. The highest BCUT2D eigenvalue weighted by molar-refractivity contribution is 7.92. The van der Waals surface area contributed by atoms with Gasteiger partial charge in [0.25, 0.3) is 10.0 Å². The number of aliphatic hydroxyl groups excluding tert-OH is 1. The van der Waals surface area contributed by atoms with E-state index in [-0.39, 0.29) is 29.1 Å². The van der Waals surface area contributed by atoms with Crippen LogP contribution in [0.1, 0.15) is 18.4 Å². The molecule has 2 aromatic carbocycles. The standard InChI is InChI=1S/C21H26N2O6S/c1-28-18-7-8-19(29-2)20(14-18)30(26,27)22-16-5-3-15(4-6-16)13-21(25)23-11-9-17(24)10-12-23/h3-8,14,17,22,24H,9-13H2,1-2H3. The zero-order valence-electron chi connectivity index (χ0n) is 17.0. The molecule has 1 saturated heterocycles. The second kappa shape index (κ2) is 9.36. The topological polar surface area (TPSA) is 105 Å². The molecule has 162 valence electrons. The van der Waals surface area contributed by atoms with Crippen molar-refractivity contribution in [2.24, 2.45) is 0 Å². The molecule has 0 aromatic heterocycles. The van der Waals surface area contributed by atoms with Gasteiger partial charge >= 0.3 is 0 Å². The molecule has 0 bridgehead atoms. The van der Waals surface area contributed by atoms with Crippen molar-refractivity contribution in [3.05, 3.63) is 48.0 Å². The summed E-state index contributed by atoms with van der Waals surface area (Å²) in [5.74, 6) is 0.601. The van der Waals surface area contributed by atoms with E-state index < -0.39 is 10.0 Å². The number of likely N-dealkylation sites (tertiary alicyclic amines) is 1. The lowest BCUT2D eigenvalue weighted by molar-refractivity contribution is -0.132. The zero-order valence-corrected chi connectivity index (χ0v) is 17.8. The SMILES string of the molecule is COc1ccc(OC)c(S(=O)(=O)Nc2ccc(CC(=O)N3CCC(O)CC3)cc2)c1. The van der Waals surface area contributed by atoms with Crippen molar-refractivity contribution in [3.63, 3.8) is 0 Å². The molecule has 0 unspecified atom stereocenters. The van der Waals surface area contributed by atoms with E-state index in [4.69, 9.17) is 9.47 Å². The average Bonchev–Trinajstić information content (AvgIpc) is 2.75. The van der Waals surface area contributed by atoms with Gasteiger partial charge in [-0.3, -0.25) is 9.52 Å². The van der Waals surface area contributed by atoms with E-state index in [0.29, 0.717) is 37.4 Å². The maximum absolute atomic E-state index is 12.8. The Bertz CT molecular complexity index is 983. The number of benzene rings is 2. The van der Waals surface area contributed by atoms with E-state index in [1.54, 1.807) is 35.2 Å². The molecule has 1 aliphatic heterocycles. The van der Waals surface area contributed by atoms with Crippen LogP contribution in [0.2, 0.25) is 0 Å². The molecule has 8 nitrogen and oxygen atoms in total. The first-order valence-corrected chi connectivity index (χ1v) is 11.1. The number of ether oxygens (including phenoxy) is 2. The van der Waals surface area contributed by atoms with Crippen LogP contribution in [0.5, 0.6) is 11.5 Å². The molecular weight excluding hydrogens is 408 g/mol. The summed E-state index contributed by atoms with van der Waals surface area (Å²) in [5, 5.41) is 9.56. The molecule has 3 rings (SSSR count). The summed E-state index contributed by atoms with van der Waals surface area (Å²) >= 11 is 0.